The van der Waals surface area contributed by atoms with E-state index in [0.29, 0.717) is 0 Å². The molecular weight excluding hydrogens is 574 g/mol. The number of ether oxygens (including phenoxy) is 1. The monoisotopic (exact) mass is 599 g/mol. The molecule has 1 unspecified atom stereocenters. The predicted octanol–water partition coefficient (Wildman–Crippen LogP) is 5.53. The van der Waals surface area contributed by atoms with E-state index < -0.39 is 0 Å². The minimum absolute atomic E-state index is 0. The van der Waals surface area contributed by atoms with Gasteiger partial charge in [-0.15, -0.1) is 0 Å². The largest absolute Gasteiger partial charge is 0.452 e. The van der Waals surface area contributed by atoms with Crippen molar-refractivity contribution in [1.82, 2.24) is 0 Å². The number of hydrogen-bond acceptors (Lipinski definition) is 4. The summed E-state index contributed by atoms with van der Waals surface area (Å²) in [5, 5.41) is 5.35. The Morgan fingerprint density at radius 2 is 1.93 bits per heavy atom. The number of anilines is 1. The second-order valence-corrected chi connectivity index (χ2v) is 6.00. The van der Waals surface area contributed by atoms with E-state index in [9.17, 15) is 0 Å². The second-order valence-electron chi connectivity index (χ2n) is 6.00. The summed E-state index contributed by atoms with van der Waals surface area (Å²) in [6.07, 6.45) is 6.12. The third kappa shape index (κ3) is 3.43. The van der Waals surface area contributed by atoms with Gasteiger partial charge in [-0.2, -0.15) is 0 Å². The number of fused-ring (bicyclic) bond motifs is 4. The van der Waals surface area contributed by atoms with Crippen LogP contribution in [0, 0.1) is 5.92 Å². The average molecular weight is 599 g/mol. The van der Waals surface area contributed by atoms with Crippen LogP contribution < -0.4 is 10.1 Å². The molecule has 0 bridgehead atoms. The normalized spacial score (nSPS) is 18.6. The molecule has 145 valence electrons. The zero-order valence-electron chi connectivity index (χ0n) is 16.3. The summed E-state index contributed by atoms with van der Waals surface area (Å²) in [6, 6.07) is 10.3. The van der Waals surface area contributed by atoms with Gasteiger partial charge in [0.25, 0.3) is 0 Å². The van der Waals surface area contributed by atoms with E-state index in [1.54, 1.807) is 0 Å². The first kappa shape index (κ1) is 19.4. The standard InChI is InChI=1S/C20H19N3O.C2H6.Es/c1-12-4-8-16-19(11-18(12)22-3)24-20-15-7-6-14(21-2)10-13(15)5-9-17(20)23-16;1-2;/h4-12,21H,1-3H3;1-2H3;. The summed E-state index contributed by atoms with van der Waals surface area (Å²) in [7, 11) is 3.73. The molecule has 4 nitrogen and oxygen atoms in total. The summed E-state index contributed by atoms with van der Waals surface area (Å²) >= 11 is 0. The molecule has 4 rings (SSSR count). The van der Waals surface area contributed by atoms with E-state index in [1.165, 1.54) is 0 Å². The van der Waals surface area contributed by atoms with Crippen molar-refractivity contribution in [3.05, 3.63) is 54.3 Å². The summed E-state index contributed by atoms with van der Waals surface area (Å²) in [4.78, 5) is 9.16. The topological polar surface area (TPSA) is 46.0 Å². The van der Waals surface area contributed by atoms with Gasteiger partial charge in [0, 0.05) is 42.9 Å². The molecule has 27 heavy (non-hydrogen) atoms. The quantitative estimate of drug-likeness (QED) is 0.469. The molecule has 0 saturated heterocycles. The Hall–Kier alpha value is -3.88. The van der Waals surface area contributed by atoms with Gasteiger partial charge in [0.2, 0.25) is 0 Å². The van der Waals surface area contributed by atoms with Crippen molar-refractivity contribution in [2.45, 2.75) is 20.8 Å². The number of benzene rings is 2. The maximum absolute atomic E-state index is 6.26. The Morgan fingerprint density at radius 3 is 2.63 bits per heavy atom. The molecule has 2 aliphatic rings. The molecule has 0 aromatic heterocycles. The molecule has 0 amide bonds. The molecular formula is C22H25EsN3O. The van der Waals surface area contributed by atoms with Crippen LogP contribution in [0.5, 0.6) is 5.75 Å². The van der Waals surface area contributed by atoms with Gasteiger partial charge in [-0.05, 0) is 35.7 Å². The zero-order chi connectivity index (χ0) is 18.7. The maximum atomic E-state index is 6.26. The number of allylic oxidation sites excluding steroid dienone is 3. The SMILES string of the molecule is CC.CN=C1C=C2Oc3c(ccc4cc(NC)ccc34)N=C2C=CC1C.[Es]. The Kier molecular flexibility index (Phi) is 5.76. The minimum atomic E-state index is 0. The number of nitrogens with zero attached hydrogens (tertiary/aromatic N) is 2. The fourth-order valence-corrected chi connectivity index (χ4v) is 3.08. The Bertz CT molecular complexity index is 957. The van der Waals surface area contributed by atoms with Crippen molar-refractivity contribution in [2.24, 2.45) is 15.9 Å². The van der Waals surface area contributed by atoms with Crippen molar-refractivity contribution in [3.63, 3.8) is 0 Å². The van der Waals surface area contributed by atoms with Crippen LogP contribution in [0.25, 0.3) is 10.8 Å². The smallest absolute Gasteiger partial charge is 0.160 e. The van der Waals surface area contributed by atoms with Crippen LogP contribution in [0.2, 0.25) is 0 Å². The van der Waals surface area contributed by atoms with Gasteiger partial charge in [-0.3, -0.25) is 4.99 Å². The Morgan fingerprint density at radius 1 is 1.15 bits per heavy atom. The van der Waals surface area contributed by atoms with Gasteiger partial charge in [-0.25, -0.2) is 4.99 Å². The summed E-state index contributed by atoms with van der Waals surface area (Å²) in [5.41, 5.74) is 3.78. The summed E-state index contributed by atoms with van der Waals surface area (Å²) in [5.74, 6) is 1.81. The van der Waals surface area contributed by atoms with E-state index >= 15 is 0 Å². The van der Waals surface area contributed by atoms with Crippen molar-refractivity contribution >= 4 is 33.6 Å². The Balaban J connectivity index is 0.000000844. The second kappa shape index (κ2) is 8.00. The summed E-state index contributed by atoms with van der Waals surface area (Å²) < 4.78 is 6.26. The molecule has 0 fully saturated rings. The molecule has 1 radical (unpaired) electrons. The zero-order valence-corrected chi connectivity index (χ0v) is 18.8. The molecule has 2 aromatic rings. The minimum Gasteiger partial charge on any atom is -0.452 e. The number of rotatable bonds is 1. The molecule has 1 aliphatic carbocycles. The molecule has 5 heteroatoms. The molecule has 1 aliphatic heterocycles. The van der Waals surface area contributed by atoms with Crippen LogP contribution in [0.4, 0.5) is 11.4 Å². The first-order chi connectivity index (χ1) is 12.7. The van der Waals surface area contributed by atoms with Crippen molar-refractivity contribution in [1.29, 1.82) is 0 Å². The van der Waals surface area contributed by atoms with Crippen molar-refractivity contribution < 1.29 is 4.74 Å². The molecule has 1 N–H and O–H groups in total. The maximum Gasteiger partial charge on any atom is 0.160 e. The molecule has 1 heterocycles. The first-order valence-corrected chi connectivity index (χ1v) is 9.07. The number of aliphatic imine (C=N–C) groups is 2. The van der Waals surface area contributed by atoms with Gasteiger partial charge >= 0.3 is 0 Å². The van der Waals surface area contributed by atoms with E-state index in [0.717, 1.165) is 45.1 Å². The van der Waals surface area contributed by atoms with Crippen LogP contribution in [0.3, 0.4) is 0 Å². The van der Waals surface area contributed by atoms with Crippen LogP contribution in [-0.4, -0.2) is 25.5 Å². The fraction of sp³-hybridized carbons (Fsp3) is 0.273. The predicted molar refractivity (Wildman–Crippen MR) is 112 cm³/mol. The average Bonchev–Trinajstić information content (AvgIpc) is 2.85. The number of hydrogen-bond donors (Lipinski definition) is 1. The molecule has 1 atom stereocenters. The van der Waals surface area contributed by atoms with Crippen molar-refractivity contribution in [2.75, 3.05) is 19.4 Å². The molecule has 0 saturated carbocycles. The third-order valence-electron chi connectivity index (χ3n) is 4.49. The number of nitrogens with one attached hydrogen (secondary N) is 1. The van der Waals surface area contributed by atoms with Crippen LogP contribution in [0.15, 0.2) is 64.3 Å². The first-order valence-electron chi connectivity index (χ1n) is 9.07. The van der Waals surface area contributed by atoms with Gasteiger partial charge < -0.3 is 10.1 Å². The van der Waals surface area contributed by atoms with Gasteiger partial charge in [0.15, 0.2) is 11.5 Å². The summed E-state index contributed by atoms with van der Waals surface area (Å²) in [6.45, 7) is 6.12. The van der Waals surface area contributed by atoms with E-state index in [1.807, 2.05) is 52.2 Å². The van der Waals surface area contributed by atoms with Crippen molar-refractivity contribution in [3.8, 4) is 5.75 Å². The Labute approximate surface area is 155 Å². The van der Waals surface area contributed by atoms with E-state index in [4.69, 9.17) is 9.73 Å². The van der Waals surface area contributed by atoms with Crippen LogP contribution >= 0.6 is 0 Å². The fourth-order valence-electron chi connectivity index (χ4n) is 3.08. The van der Waals surface area contributed by atoms with Gasteiger partial charge in [0.05, 0.1) is 0 Å². The molecule has 0 spiro atoms. The van der Waals surface area contributed by atoms with E-state index in [-0.39, 0.29) is 5.92 Å². The van der Waals surface area contributed by atoms with E-state index in [2.05, 4.69) is 41.5 Å². The van der Waals surface area contributed by atoms with Gasteiger partial charge in [0.1, 0.15) is 11.4 Å². The third-order valence-corrected chi connectivity index (χ3v) is 4.49. The van der Waals surface area contributed by atoms with Crippen LogP contribution in [0.1, 0.15) is 20.8 Å². The molecule has 2 aromatic carbocycles. The van der Waals surface area contributed by atoms with Crippen LogP contribution in [-0.2, 0) is 0 Å². The van der Waals surface area contributed by atoms with Gasteiger partial charge in [-0.1, -0.05) is 32.9 Å².